The molecule has 36 heavy (non-hydrogen) atoms. The number of imidazole rings is 1. The van der Waals surface area contributed by atoms with Crippen molar-refractivity contribution in [2.45, 2.75) is 57.0 Å². The number of anilines is 1. The van der Waals surface area contributed by atoms with Crippen LogP contribution >= 0.6 is 0 Å². The van der Waals surface area contributed by atoms with Gasteiger partial charge in [0, 0.05) is 23.9 Å². The van der Waals surface area contributed by atoms with Gasteiger partial charge in [-0.3, -0.25) is 9.59 Å². The molecule has 188 valence electrons. The Morgan fingerprint density at radius 3 is 2.61 bits per heavy atom. The lowest BCUT2D eigenvalue weighted by Crippen LogP contribution is -2.50. The molecule has 1 atom stereocenters. The number of hydrogen-bond donors (Lipinski definition) is 2. The highest BCUT2D eigenvalue weighted by Gasteiger charge is 2.49. The molecule has 0 aliphatic heterocycles. The van der Waals surface area contributed by atoms with Gasteiger partial charge in [-0.05, 0) is 67.5 Å². The molecule has 3 fully saturated rings. The van der Waals surface area contributed by atoms with E-state index in [0.717, 1.165) is 44.1 Å². The molecule has 6 rings (SSSR count). The Morgan fingerprint density at radius 2 is 1.92 bits per heavy atom. The maximum Gasteiger partial charge on any atom is 0.276 e. The summed E-state index contributed by atoms with van der Waals surface area (Å²) < 4.78 is 12.0. The van der Waals surface area contributed by atoms with Crippen LogP contribution < -0.4 is 15.4 Å². The molecule has 2 amide bonds. The van der Waals surface area contributed by atoms with E-state index in [2.05, 4.69) is 30.9 Å². The maximum absolute atomic E-state index is 13.6. The number of carbonyl (C=O) groups excluding carboxylic acids is 2. The molecule has 3 heterocycles. The van der Waals surface area contributed by atoms with E-state index in [4.69, 9.17) is 9.37 Å². The lowest BCUT2D eigenvalue weighted by molar-refractivity contribution is -0.119. The minimum atomic E-state index is -0.676. The van der Waals surface area contributed by atoms with Gasteiger partial charge in [-0.1, -0.05) is 11.2 Å². The SMILES string of the molecule is COc1ncccc1Cn1cnc(NC(=O)C(NC(=O)c2nonc2C2CC2)C(C2CC2)C2CC2)c1. The quantitative estimate of drug-likeness (QED) is 0.418. The molecule has 0 spiro atoms. The zero-order chi connectivity index (χ0) is 24.6. The first-order valence-electron chi connectivity index (χ1n) is 12.5. The van der Waals surface area contributed by atoms with Crippen LogP contribution in [-0.4, -0.2) is 49.8 Å². The third kappa shape index (κ3) is 4.82. The van der Waals surface area contributed by atoms with Crippen molar-refractivity contribution in [2.24, 2.45) is 17.8 Å². The zero-order valence-corrected chi connectivity index (χ0v) is 20.1. The number of hydrogen-bond acceptors (Lipinski definition) is 8. The van der Waals surface area contributed by atoms with Gasteiger partial charge in [-0.25, -0.2) is 14.6 Å². The van der Waals surface area contributed by atoms with E-state index >= 15 is 0 Å². The van der Waals surface area contributed by atoms with E-state index in [1.165, 1.54) is 0 Å². The molecule has 3 aromatic heterocycles. The number of amides is 2. The van der Waals surface area contributed by atoms with Gasteiger partial charge in [0.15, 0.2) is 11.5 Å². The van der Waals surface area contributed by atoms with Gasteiger partial charge in [0.1, 0.15) is 11.7 Å². The number of carbonyl (C=O) groups is 2. The van der Waals surface area contributed by atoms with Crippen molar-refractivity contribution in [3.8, 4) is 5.88 Å². The molecule has 0 aromatic carbocycles. The van der Waals surface area contributed by atoms with Gasteiger partial charge in [0.05, 0.1) is 20.0 Å². The number of aromatic nitrogens is 5. The van der Waals surface area contributed by atoms with Crippen molar-refractivity contribution in [1.82, 2.24) is 30.2 Å². The number of pyridine rings is 1. The minimum Gasteiger partial charge on any atom is -0.481 e. The molecule has 3 saturated carbocycles. The molecule has 0 bridgehead atoms. The van der Waals surface area contributed by atoms with Crippen LogP contribution in [0, 0.1) is 17.8 Å². The monoisotopic (exact) mass is 491 g/mol. The Hall–Kier alpha value is -3.76. The van der Waals surface area contributed by atoms with Crippen LogP contribution in [0.3, 0.4) is 0 Å². The van der Waals surface area contributed by atoms with Gasteiger partial charge in [-0.2, -0.15) is 0 Å². The predicted octanol–water partition coefficient (Wildman–Crippen LogP) is 2.77. The summed E-state index contributed by atoms with van der Waals surface area (Å²) in [6.07, 6.45) is 11.4. The summed E-state index contributed by atoms with van der Waals surface area (Å²) in [5.74, 6) is 1.51. The summed E-state index contributed by atoms with van der Waals surface area (Å²) in [5, 5.41) is 13.7. The molecular formula is C25H29N7O4. The van der Waals surface area contributed by atoms with Crippen molar-refractivity contribution >= 4 is 17.6 Å². The molecule has 3 aromatic rings. The van der Waals surface area contributed by atoms with Crippen molar-refractivity contribution in [1.29, 1.82) is 0 Å². The topological polar surface area (TPSA) is 137 Å². The third-order valence-electron chi connectivity index (χ3n) is 7.26. The minimum absolute atomic E-state index is 0.0972. The molecule has 0 radical (unpaired) electrons. The fourth-order valence-corrected chi connectivity index (χ4v) is 5.06. The van der Waals surface area contributed by atoms with E-state index < -0.39 is 11.9 Å². The molecule has 2 N–H and O–H groups in total. The molecule has 11 nitrogen and oxygen atoms in total. The number of ether oxygens (including phenoxy) is 1. The van der Waals surface area contributed by atoms with Crippen LogP contribution in [0.25, 0.3) is 0 Å². The smallest absolute Gasteiger partial charge is 0.276 e. The second-order valence-corrected chi connectivity index (χ2v) is 10.1. The standard InChI is InChI=1S/C25H29N7O4/c1-35-25-17(3-2-10-26-25)11-32-12-18(27-13-32)28-23(33)21(19(14-4-5-14)15-6-7-15)29-24(34)22-20(16-8-9-16)30-36-31-22/h2-3,10,12-16,19,21H,4-9,11H2,1H3,(H,28,33)(H,29,34). The van der Waals surface area contributed by atoms with Crippen LogP contribution in [0.2, 0.25) is 0 Å². The highest BCUT2D eigenvalue weighted by molar-refractivity contribution is 6.00. The van der Waals surface area contributed by atoms with Crippen LogP contribution in [0.15, 0.2) is 35.5 Å². The second-order valence-electron chi connectivity index (χ2n) is 10.1. The maximum atomic E-state index is 13.6. The zero-order valence-electron chi connectivity index (χ0n) is 20.1. The molecule has 3 aliphatic rings. The van der Waals surface area contributed by atoms with Crippen molar-refractivity contribution in [2.75, 3.05) is 12.4 Å². The largest absolute Gasteiger partial charge is 0.481 e. The average Bonchev–Trinajstić information content (AvgIpc) is 3.80. The Morgan fingerprint density at radius 1 is 1.14 bits per heavy atom. The average molecular weight is 492 g/mol. The molecular weight excluding hydrogens is 462 g/mol. The van der Waals surface area contributed by atoms with E-state index in [0.29, 0.717) is 35.8 Å². The van der Waals surface area contributed by atoms with Gasteiger partial charge < -0.3 is 19.9 Å². The molecule has 1 unspecified atom stereocenters. The summed E-state index contributed by atoms with van der Waals surface area (Å²) in [4.78, 5) is 35.3. The lowest BCUT2D eigenvalue weighted by Gasteiger charge is -2.27. The van der Waals surface area contributed by atoms with Crippen molar-refractivity contribution in [3.63, 3.8) is 0 Å². The van der Waals surface area contributed by atoms with E-state index in [1.807, 2.05) is 16.7 Å². The van der Waals surface area contributed by atoms with E-state index in [-0.39, 0.29) is 23.4 Å². The molecule has 11 heteroatoms. The van der Waals surface area contributed by atoms with Crippen LogP contribution in [0.4, 0.5) is 5.82 Å². The van der Waals surface area contributed by atoms with Crippen LogP contribution in [0.1, 0.15) is 66.2 Å². The Kier molecular flexibility index (Phi) is 5.90. The van der Waals surface area contributed by atoms with Crippen molar-refractivity contribution < 1.29 is 19.0 Å². The Labute approximate surface area is 208 Å². The lowest BCUT2D eigenvalue weighted by atomic mass is 9.88. The molecule has 3 aliphatic carbocycles. The predicted molar refractivity (Wildman–Crippen MR) is 127 cm³/mol. The second kappa shape index (κ2) is 9.36. The fourth-order valence-electron chi connectivity index (χ4n) is 5.06. The number of nitrogens with zero attached hydrogens (tertiary/aromatic N) is 5. The van der Waals surface area contributed by atoms with Crippen molar-refractivity contribution in [3.05, 3.63) is 47.8 Å². The van der Waals surface area contributed by atoms with E-state index in [9.17, 15) is 9.59 Å². The summed E-state index contributed by atoms with van der Waals surface area (Å²) in [6.45, 7) is 0.496. The summed E-state index contributed by atoms with van der Waals surface area (Å²) in [7, 11) is 1.58. The normalized spacial score (nSPS) is 18.2. The fraction of sp³-hybridized carbons (Fsp3) is 0.520. The Bertz CT molecular complexity index is 1250. The molecule has 0 saturated heterocycles. The first-order chi connectivity index (χ1) is 17.6. The van der Waals surface area contributed by atoms with Gasteiger partial charge in [0.25, 0.3) is 5.91 Å². The highest BCUT2D eigenvalue weighted by atomic mass is 16.6. The third-order valence-corrected chi connectivity index (χ3v) is 7.26. The van der Waals surface area contributed by atoms with Gasteiger partial charge in [-0.15, -0.1) is 0 Å². The first kappa shape index (κ1) is 22.7. The summed E-state index contributed by atoms with van der Waals surface area (Å²) >= 11 is 0. The van der Waals surface area contributed by atoms with Crippen LogP contribution in [-0.2, 0) is 11.3 Å². The van der Waals surface area contributed by atoms with Crippen LogP contribution in [0.5, 0.6) is 5.88 Å². The van der Waals surface area contributed by atoms with E-state index in [1.54, 1.807) is 25.8 Å². The number of nitrogens with one attached hydrogen (secondary N) is 2. The van der Waals surface area contributed by atoms with Gasteiger partial charge in [0.2, 0.25) is 11.8 Å². The van der Waals surface area contributed by atoms with Gasteiger partial charge >= 0.3 is 0 Å². The summed E-state index contributed by atoms with van der Waals surface area (Å²) in [6, 6.07) is 3.10. The first-order valence-corrected chi connectivity index (χ1v) is 12.5. The highest BCUT2D eigenvalue weighted by Crippen LogP contribution is 2.51. The number of methoxy groups -OCH3 is 1. The number of rotatable bonds is 11. The summed E-state index contributed by atoms with van der Waals surface area (Å²) in [5.41, 5.74) is 1.68. The Balaban J connectivity index is 1.19.